The Bertz CT molecular complexity index is 246. The van der Waals surface area contributed by atoms with Crippen molar-refractivity contribution in [2.45, 2.75) is 13.5 Å². The Morgan fingerprint density at radius 2 is 2.25 bits per heavy atom. The van der Waals surface area contributed by atoms with Gasteiger partial charge in [-0.2, -0.15) is 0 Å². The fraction of sp³-hybridized carbons (Fsp3) is 0.714. The Balaban J connectivity index is 2.66. The lowest BCUT2D eigenvalue weighted by Gasteiger charge is -2.02. The normalized spacial score (nSPS) is 10.2. The molecule has 1 aromatic rings. The first-order valence-corrected chi connectivity index (χ1v) is 3.93. The number of nitrogens with zero attached hydrogens (tertiary/aromatic N) is 3. The number of hydrogen-bond donors (Lipinski definition) is 1. The van der Waals surface area contributed by atoms with Crippen LogP contribution >= 0.6 is 0 Å². The third-order valence-electron chi connectivity index (χ3n) is 1.62. The van der Waals surface area contributed by atoms with Crippen molar-refractivity contribution in [2.24, 2.45) is 7.05 Å². The van der Waals surface area contributed by atoms with Crippen LogP contribution in [0.2, 0.25) is 0 Å². The summed E-state index contributed by atoms with van der Waals surface area (Å²) >= 11 is 0. The highest BCUT2D eigenvalue weighted by atomic mass is 16.5. The van der Waals surface area contributed by atoms with E-state index < -0.39 is 0 Å². The summed E-state index contributed by atoms with van der Waals surface area (Å²) in [4.78, 5) is 0. The zero-order valence-electron chi connectivity index (χ0n) is 7.66. The first-order valence-electron chi connectivity index (χ1n) is 3.93. The maximum absolute atomic E-state index is 5.21. The molecule has 0 aliphatic carbocycles. The van der Waals surface area contributed by atoms with Gasteiger partial charge in [0.2, 0.25) is 5.95 Å². The standard InChI is InChI=1S/C7H14N4O/c1-4-12-5-6-9-10-7(8-2)11(6)3/h4-5H2,1-3H3,(H,8,10). The minimum atomic E-state index is 0.516. The molecular formula is C7H14N4O. The first kappa shape index (κ1) is 8.99. The number of anilines is 1. The fourth-order valence-electron chi connectivity index (χ4n) is 0.898. The van der Waals surface area contributed by atoms with Crippen molar-refractivity contribution >= 4 is 5.95 Å². The molecule has 1 N–H and O–H groups in total. The summed E-state index contributed by atoms with van der Waals surface area (Å²) in [5, 5.41) is 10.8. The Hall–Kier alpha value is -1.10. The maximum Gasteiger partial charge on any atom is 0.224 e. The molecular weight excluding hydrogens is 156 g/mol. The molecule has 0 amide bonds. The van der Waals surface area contributed by atoms with Gasteiger partial charge in [0.25, 0.3) is 0 Å². The van der Waals surface area contributed by atoms with Crippen LogP contribution in [-0.2, 0) is 18.4 Å². The zero-order chi connectivity index (χ0) is 8.97. The number of aromatic nitrogens is 3. The van der Waals surface area contributed by atoms with Gasteiger partial charge in [0, 0.05) is 20.7 Å². The lowest BCUT2D eigenvalue weighted by atomic mass is 10.6. The summed E-state index contributed by atoms with van der Waals surface area (Å²) in [7, 11) is 3.72. The average Bonchev–Trinajstić information content (AvgIpc) is 2.43. The van der Waals surface area contributed by atoms with Crippen molar-refractivity contribution in [2.75, 3.05) is 19.0 Å². The van der Waals surface area contributed by atoms with Gasteiger partial charge in [-0.15, -0.1) is 10.2 Å². The molecule has 1 rings (SSSR count). The molecule has 0 spiro atoms. The molecule has 0 unspecified atom stereocenters. The Kier molecular flexibility index (Phi) is 3.04. The Morgan fingerprint density at radius 3 is 2.75 bits per heavy atom. The van der Waals surface area contributed by atoms with Gasteiger partial charge in [0.15, 0.2) is 5.82 Å². The van der Waals surface area contributed by atoms with Gasteiger partial charge in [0.05, 0.1) is 0 Å². The average molecular weight is 170 g/mol. The molecule has 0 bridgehead atoms. The number of ether oxygens (including phenoxy) is 1. The second-order valence-corrected chi connectivity index (χ2v) is 2.39. The molecule has 5 nitrogen and oxygen atoms in total. The van der Waals surface area contributed by atoms with Crippen LogP contribution in [0, 0.1) is 0 Å². The van der Waals surface area contributed by atoms with Gasteiger partial charge in [-0.25, -0.2) is 0 Å². The van der Waals surface area contributed by atoms with E-state index in [9.17, 15) is 0 Å². The van der Waals surface area contributed by atoms with Gasteiger partial charge in [-0.05, 0) is 6.92 Å². The highest BCUT2D eigenvalue weighted by Crippen LogP contribution is 2.04. The summed E-state index contributed by atoms with van der Waals surface area (Å²) in [6.07, 6.45) is 0. The van der Waals surface area contributed by atoms with E-state index in [-0.39, 0.29) is 0 Å². The summed E-state index contributed by atoms with van der Waals surface area (Å²) in [5.74, 6) is 1.59. The molecule has 0 aliphatic heterocycles. The van der Waals surface area contributed by atoms with Gasteiger partial charge < -0.3 is 10.1 Å². The minimum Gasteiger partial charge on any atom is -0.374 e. The van der Waals surface area contributed by atoms with E-state index in [1.54, 1.807) is 0 Å². The number of nitrogens with one attached hydrogen (secondary N) is 1. The van der Waals surface area contributed by atoms with Gasteiger partial charge in [-0.1, -0.05) is 0 Å². The van der Waals surface area contributed by atoms with Gasteiger partial charge in [0.1, 0.15) is 6.61 Å². The van der Waals surface area contributed by atoms with Crippen molar-refractivity contribution in [1.29, 1.82) is 0 Å². The highest BCUT2D eigenvalue weighted by Gasteiger charge is 2.05. The minimum absolute atomic E-state index is 0.516. The van der Waals surface area contributed by atoms with E-state index in [0.29, 0.717) is 13.2 Å². The smallest absolute Gasteiger partial charge is 0.224 e. The Labute approximate surface area is 71.7 Å². The molecule has 0 saturated carbocycles. The summed E-state index contributed by atoms with van der Waals surface area (Å²) in [6.45, 7) is 3.17. The highest BCUT2D eigenvalue weighted by molar-refractivity contribution is 5.23. The monoisotopic (exact) mass is 170 g/mol. The first-order chi connectivity index (χ1) is 5.79. The van der Waals surface area contributed by atoms with E-state index in [0.717, 1.165) is 11.8 Å². The molecule has 5 heteroatoms. The van der Waals surface area contributed by atoms with Gasteiger partial charge >= 0.3 is 0 Å². The molecule has 0 fully saturated rings. The van der Waals surface area contributed by atoms with Gasteiger partial charge in [-0.3, -0.25) is 4.57 Å². The van der Waals surface area contributed by atoms with Crippen molar-refractivity contribution in [3.8, 4) is 0 Å². The molecule has 0 saturated heterocycles. The van der Waals surface area contributed by atoms with E-state index in [1.807, 2.05) is 25.6 Å². The van der Waals surface area contributed by atoms with Crippen molar-refractivity contribution in [3.05, 3.63) is 5.82 Å². The van der Waals surface area contributed by atoms with Crippen LogP contribution in [0.1, 0.15) is 12.7 Å². The fourth-order valence-corrected chi connectivity index (χ4v) is 0.898. The third-order valence-corrected chi connectivity index (χ3v) is 1.62. The molecule has 1 heterocycles. The predicted molar refractivity (Wildman–Crippen MR) is 45.9 cm³/mol. The molecule has 1 aromatic heterocycles. The van der Waals surface area contributed by atoms with Crippen LogP contribution in [0.4, 0.5) is 5.95 Å². The summed E-state index contributed by atoms with van der Waals surface area (Å²) in [5.41, 5.74) is 0. The van der Waals surface area contributed by atoms with Crippen LogP contribution in [0.5, 0.6) is 0 Å². The van der Waals surface area contributed by atoms with Crippen molar-refractivity contribution in [1.82, 2.24) is 14.8 Å². The molecule has 0 atom stereocenters. The molecule has 0 aliphatic rings. The Morgan fingerprint density at radius 1 is 1.50 bits per heavy atom. The second-order valence-electron chi connectivity index (χ2n) is 2.39. The second kappa shape index (κ2) is 4.06. The molecule has 0 aromatic carbocycles. The number of rotatable bonds is 4. The largest absolute Gasteiger partial charge is 0.374 e. The molecule has 68 valence electrons. The third kappa shape index (κ3) is 1.73. The molecule has 12 heavy (non-hydrogen) atoms. The van der Waals surface area contributed by atoms with E-state index in [2.05, 4.69) is 15.5 Å². The van der Waals surface area contributed by atoms with E-state index in [4.69, 9.17) is 4.74 Å². The van der Waals surface area contributed by atoms with Crippen molar-refractivity contribution in [3.63, 3.8) is 0 Å². The SMILES string of the molecule is CCOCc1nnc(NC)n1C. The topological polar surface area (TPSA) is 52.0 Å². The van der Waals surface area contributed by atoms with Crippen LogP contribution < -0.4 is 5.32 Å². The van der Waals surface area contributed by atoms with Crippen molar-refractivity contribution < 1.29 is 4.74 Å². The molecule has 0 radical (unpaired) electrons. The summed E-state index contributed by atoms with van der Waals surface area (Å²) < 4.78 is 7.08. The van der Waals surface area contributed by atoms with E-state index in [1.165, 1.54) is 0 Å². The number of hydrogen-bond acceptors (Lipinski definition) is 4. The lowest BCUT2D eigenvalue weighted by Crippen LogP contribution is -2.04. The van der Waals surface area contributed by atoms with Crippen LogP contribution in [0.25, 0.3) is 0 Å². The maximum atomic E-state index is 5.21. The predicted octanol–water partition coefficient (Wildman–Crippen LogP) is 0.393. The van der Waals surface area contributed by atoms with E-state index >= 15 is 0 Å². The quantitative estimate of drug-likeness (QED) is 0.710. The van der Waals surface area contributed by atoms with Crippen LogP contribution in [0.15, 0.2) is 0 Å². The van der Waals surface area contributed by atoms with Crippen LogP contribution in [-0.4, -0.2) is 28.4 Å². The summed E-state index contributed by atoms with van der Waals surface area (Å²) in [6, 6.07) is 0. The van der Waals surface area contributed by atoms with Crippen LogP contribution in [0.3, 0.4) is 0 Å². The lowest BCUT2D eigenvalue weighted by molar-refractivity contribution is 0.126. The zero-order valence-corrected chi connectivity index (χ0v) is 7.66.